The summed E-state index contributed by atoms with van der Waals surface area (Å²) >= 11 is 5.32. The third-order valence-electron chi connectivity index (χ3n) is 3.86. The van der Waals surface area contributed by atoms with Crippen LogP contribution in [0.25, 0.3) is 10.8 Å². The molecule has 2 N–H and O–H groups in total. The Bertz CT molecular complexity index is 935. The highest BCUT2D eigenvalue weighted by Gasteiger charge is 2.14. The summed E-state index contributed by atoms with van der Waals surface area (Å²) in [7, 11) is 0. The van der Waals surface area contributed by atoms with Crippen molar-refractivity contribution < 1.29 is 9.53 Å². The first kappa shape index (κ1) is 17.9. The first-order valence-corrected chi connectivity index (χ1v) is 8.92. The average molecular weight is 364 g/mol. The number of hydrogen-bond acceptors (Lipinski definition) is 3. The molecule has 3 rings (SSSR count). The van der Waals surface area contributed by atoms with Gasteiger partial charge < -0.3 is 10.1 Å². The zero-order chi connectivity index (χ0) is 18.4. The summed E-state index contributed by atoms with van der Waals surface area (Å²) in [6, 6.07) is 21.1. The van der Waals surface area contributed by atoms with Crippen LogP contribution in [-0.4, -0.2) is 17.6 Å². The van der Waals surface area contributed by atoms with Gasteiger partial charge in [0.15, 0.2) is 5.11 Å². The van der Waals surface area contributed by atoms with Gasteiger partial charge in [0.05, 0.1) is 12.2 Å². The molecule has 0 spiro atoms. The van der Waals surface area contributed by atoms with Crippen molar-refractivity contribution in [2.75, 3.05) is 11.9 Å². The van der Waals surface area contributed by atoms with E-state index < -0.39 is 0 Å². The van der Waals surface area contributed by atoms with Gasteiger partial charge in [0.1, 0.15) is 5.75 Å². The molecule has 4 nitrogen and oxygen atoms in total. The standard InChI is InChI=1S/C21H20N2O2S/c1-2-14-25-19-13-6-5-11-17(19)20(24)23-21(26)22-18-12-7-9-15-8-3-4-10-16(15)18/h3-13H,2,14H2,1H3,(H2,22,23,24,26). The number of carbonyl (C=O) groups is 1. The molecular formula is C21H20N2O2S. The van der Waals surface area contributed by atoms with Crippen LogP contribution in [0.4, 0.5) is 5.69 Å². The predicted molar refractivity (Wildman–Crippen MR) is 110 cm³/mol. The summed E-state index contributed by atoms with van der Waals surface area (Å²) < 4.78 is 5.64. The van der Waals surface area contributed by atoms with Crippen LogP contribution < -0.4 is 15.4 Å². The third kappa shape index (κ3) is 4.18. The molecule has 0 heterocycles. The Morgan fingerprint density at radius 3 is 2.58 bits per heavy atom. The summed E-state index contributed by atoms with van der Waals surface area (Å²) in [4.78, 5) is 12.6. The van der Waals surface area contributed by atoms with E-state index in [2.05, 4.69) is 10.6 Å². The van der Waals surface area contributed by atoms with E-state index in [1.165, 1.54) is 0 Å². The fourth-order valence-electron chi connectivity index (χ4n) is 2.65. The van der Waals surface area contributed by atoms with Crippen molar-refractivity contribution in [1.29, 1.82) is 0 Å². The zero-order valence-corrected chi connectivity index (χ0v) is 15.3. The van der Waals surface area contributed by atoms with Crippen molar-refractivity contribution in [1.82, 2.24) is 5.32 Å². The van der Waals surface area contributed by atoms with E-state index in [1.807, 2.05) is 55.5 Å². The van der Waals surface area contributed by atoms with Crippen LogP contribution in [0.1, 0.15) is 23.7 Å². The number of thiocarbonyl (C=S) groups is 1. The van der Waals surface area contributed by atoms with Gasteiger partial charge in [-0.2, -0.15) is 0 Å². The summed E-state index contributed by atoms with van der Waals surface area (Å²) in [6.45, 7) is 2.58. The Morgan fingerprint density at radius 2 is 1.73 bits per heavy atom. The number of benzene rings is 3. The smallest absolute Gasteiger partial charge is 0.261 e. The monoisotopic (exact) mass is 364 g/mol. The highest BCUT2D eigenvalue weighted by molar-refractivity contribution is 7.80. The largest absolute Gasteiger partial charge is 0.493 e. The van der Waals surface area contributed by atoms with E-state index in [1.54, 1.807) is 18.2 Å². The van der Waals surface area contributed by atoms with Crippen molar-refractivity contribution >= 4 is 39.7 Å². The Kier molecular flexibility index (Phi) is 5.81. The van der Waals surface area contributed by atoms with Crippen LogP contribution in [-0.2, 0) is 0 Å². The second kappa shape index (κ2) is 8.45. The van der Waals surface area contributed by atoms with Gasteiger partial charge in [-0.1, -0.05) is 55.5 Å². The molecule has 0 bridgehead atoms. The van der Waals surface area contributed by atoms with Crippen molar-refractivity contribution in [3.8, 4) is 5.75 Å². The van der Waals surface area contributed by atoms with E-state index in [-0.39, 0.29) is 11.0 Å². The minimum absolute atomic E-state index is 0.247. The Hall–Kier alpha value is -2.92. The minimum Gasteiger partial charge on any atom is -0.493 e. The molecule has 0 aliphatic heterocycles. The average Bonchev–Trinajstić information content (AvgIpc) is 2.66. The first-order valence-electron chi connectivity index (χ1n) is 8.51. The fraction of sp³-hybridized carbons (Fsp3) is 0.143. The molecule has 3 aromatic carbocycles. The predicted octanol–water partition coefficient (Wildman–Crippen LogP) is 4.76. The number of nitrogens with one attached hydrogen (secondary N) is 2. The van der Waals surface area contributed by atoms with Gasteiger partial charge in [-0.25, -0.2) is 0 Å². The summed E-state index contributed by atoms with van der Waals surface area (Å²) in [6.07, 6.45) is 0.872. The van der Waals surface area contributed by atoms with Crippen molar-refractivity contribution in [3.63, 3.8) is 0 Å². The van der Waals surface area contributed by atoms with E-state index in [9.17, 15) is 4.79 Å². The molecule has 0 saturated carbocycles. The molecule has 0 saturated heterocycles. The van der Waals surface area contributed by atoms with E-state index in [0.29, 0.717) is 17.9 Å². The van der Waals surface area contributed by atoms with Crippen LogP contribution in [0, 0.1) is 0 Å². The molecule has 0 aromatic heterocycles. The van der Waals surface area contributed by atoms with Gasteiger partial charge in [0, 0.05) is 11.1 Å². The lowest BCUT2D eigenvalue weighted by Gasteiger charge is -2.14. The number of rotatable bonds is 5. The molecule has 26 heavy (non-hydrogen) atoms. The van der Waals surface area contributed by atoms with Crippen LogP contribution >= 0.6 is 12.2 Å². The van der Waals surface area contributed by atoms with Gasteiger partial charge in [-0.15, -0.1) is 0 Å². The van der Waals surface area contributed by atoms with Gasteiger partial charge in [0.2, 0.25) is 0 Å². The number of fused-ring (bicyclic) bond motifs is 1. The van der Waals surface area contributed by atoms with E-state index in [4.69, 9.17) is 17.0 Å². The lowest BCUT2D eigenvalue weighted by Crippen LogP contribution is -2.34. The van der Waals surface area contributed by atoms with E-state index >= 15 is 0 Å². The summed E-state index contributed by atoms with van der Waals surface area (Å²) in [5, 5.41) is 8.22. The fourth-order valence-corrected chi connectivity index (χ4v) is 2.85. The molecule has 0 atom stereocenters. The van der Waals surface area contributed by atoms with Crippen molar-refractivity contribution in [3.05, 3.63) is 72.3 Å². The summed E-state index contributed by atoms with van der Waals surface area (Å²) in [5.41, 5.74) is 1.31. The number of para-hydroxylation sites is 1. The molecule has 0 fully saturated rings. The molecule has 1 amide bonds. The SMILES string of the molecule is CCCOc1ccccc1C(=O)NC(=S)Nc1cccc2ccccc12. The summed E-state index contributed by atoms with van der Waals surface area (Å²) in [5.74, 6) is 0.259. The van der Waals surface area contributed by atoms with Gasteiger partial charge in [0.25, 0.3) is 5.91 Å². The number of ether oxygens (including phenoxy) is 1. The number of carbonyl (C=O) groups excluding carboxylic acids is 1. The van der Waals surface area contributed by atoms with Gasteiger partial charge >= 0.3 is 0 Å². The second-order valence-electron chi connectivity index (χ2n) is 5.78. The topological polar surface area (TPSA) is 50.4 Å². The molecule has 0 radical (unpaired) electrons. The normalized spacial score (nSPS) is 10.3. The maximum Gasteiger partial charge on any atom is 0.261 e. The van der Waals surface area contributed by atoms with Crippen LogP contribution in [0.5, 0.6) is 5.75 Å². The number of amides is 1. The molecule has 0 aliphatic carbocycles. The third-order valence-corrected chi connectivity index (χ3v) is 4.06. The van der Waals surface area contributed by atoms with Crippen LogP contribution in [0.3, 0.4) is 0 Å². The number of anilines is 1. The van der Waals surface area contributed by atoms with Gasteiger partial charge in [-0.05, 0) is 42.2 Å². The first-order chi connectivity index (χ1) is 12.7. The van der Waals surface area contributed by atoms with Crippen LogP contribution in [0.2, 0.25) is 0 Å². The lowest BCUT2D eigenvalue weighted by atomic mass is 10.1. The maximum atomic E-state index is 12.6. The maximum absolute atomic E-state index is 12.6. The Morgan fingerprint density at radius 1 is 1.00 bits per heavy atom. The molecule has 3 aromatic rings. The Labute approximate surface area is 158 Å². The molecule has 0 unspecified atom stereocenters. The zero-order valence-electron chi connectivity index (χ0n) is 14.5. The Balaban J connectivity index is 1.73. The highest BCUT2D eigenvalue weighted by atomic mass is 32.1. The molecule has 0 aliphatic rings. The minimum atomic E-state index is -0.297. The van der Waals surface area contributed by atoms with Gasteiger partial charge in [-0.3, -0.25) is 10.1 Å². The number of hydrogen-bond donors (Lipinski definition) is 2. The van der Waals surface area contributed by atoms with Crippen LogP contribution in [0.15, 0.2) is 66.7 Å². The molecule has 5 heteroatoms. The molecule has 132 valence electrons. The quantitative estimate of drug-likeness (QED) is 0.641. The highest BCUT2D eigenvalue weighted by Crippen LogP contribution is 2.23. The molecular weight excluding hydrogens is 344 g/mol. The second-order valence-corrected chi connectivity index (χ2v) is 6.19. The lowest BCUT2D eigenvalue weighted by molar-refractivity contribution is 0.0973. The van der Waals surface area contributed by atoms with Crippen molar-refractivity contribution in [2.45, 2.75) is 13.3 Å². The van der Waals surface area contributed by atoms with Crippen molar-refractivity contribution in [2.24, 2.45) is 0 Å². The van der Waals surface area contributed by atoms with E-state index in [0.717, 1.165) is 22.9 Å².